The molecule has 3 aliphatic rings. The van der Waals surface area contributed by atoms with Crippen molar-refractivity contribution in [2.24, 2.45) is 28.6 Å². The van der Waals surface area contributed by atoms with E-state index in [-0.39, 0.29) is 22.5 Å². The molecule has 0 radical (unpaired) electrons. The molecular formula is C26H37NO2. The minimum absolute atomic E-state index is 0.152. The largest absolute Gasteiger partial charge is 0.508 e. The molecule has 0 spiro atoms. The minimum Gasteiger partial charge on any atom is -0.508 e. The van der Waals surface area contributed by atoms with Gasteiger partial charge in [-0.1, -0.05) is 45.3 Å². The SMILES string of the molecule is CC(C)C1CCC2=C(CCC3C2(C)CCC[C@@]3(C)C(=O)Nc2ccc(O)cc2)C1. The number of amides is 1. The Hall–Kier alpha value is -1.77. The molecule has 4 atom stereocenters. The molecule has 1 saturated carbocycles. The molecule has 1 aromatic rings. The summed E-state index contributed by atoms with van der Waals surface area (Å²) in [5.74, 6) is 2.39. The fourth-order valence-corrected chi connectivity index (χ4v) is 6.84. The lowest BCUT2D eigenvalue weighted by Crippen LogP contribution is -2.52. The number of allylic oxidation sites excluding steroid dienone is 2. The zero-order valence-electron chi connectivity index (χ0n) is 18.6. The van der Waals surface area contributed by atoms with Crippen molar-refractivity contribution in [3.05, 3.63) is 35.4 Å². The van der Waals surface area contributed by atoms with Gasteiger partial charge in [-0.05, 0) is 92.4 Å². The third kappa shape index (κ3) is 3.51. The third-order valence-electron chi connectivity index (χ3n) is 8.64. The maximum absolute atomic E-state index is 13.5. The quantitative estimate of drug-likeness (QED) is 0.442. The van der Waals surface area contributed by atoms with Crippen molar-refractivity contribution in [2.75, 3.05) is 5.32 Å². The third-order valence-corrected chi connectivity index (χ3v) is 8.64. The van der Waals surface area contributed by atoms with Gasteiger partial charge in [0.15, 0.2) is 0 Å². The average molecular weight is 396 g/mol. The Morgan fingerprint density at radius 2 is 1.83 bits per heavy atom. The van der Waals surface area contributed by atoms with Crippen molar-refractivity contribution in [1.82, 2.24) is 0 Å². The van der Waals surface area contributed by atoms with Gasteiger partial charge < -0.3 is 10.4 Å². The van der Waals surface area contributed by atoms with Gasteiger partial charge in [-0.3, -0.25) is 4.79 Å². The molecule has 4 rings (SSSR count). The Morgan fingerprint density at radius 3 is 2.52 bits per heavy atom. The number of hydrogen-bond acceptors (Lipinski definition) is 2. The van der Waals surface area contributed by atoms with Crippen molar-refractivity contribution in [3.63, 3.8) is 0 Å². The predicted molar refractivity (Wildman–Crippen MR) is 119 cm³/mol. The summed E-state index contributed by atoms with van der Waals surface area (Å²) in [6.07, 6.45) is 9.47. The van der Waals surface area contributed by atoms with E-state index >= 15 is 0 Å². The second-order valence-corrected chi connectivity index (χ2v) is 10.6. The number of benzene rings is 1. The van der Waals surface area contributed by atoms with Crippen LogP contribution in [0.4, 0.5) is 5.69 Å². The number of fused-ring (bicyclic) bond motifs is 2. The van der Waals surface area contributed by atoms with Crippen LogP contribution in [-0.4, -0.2) is 11.0 Å². The van der Waals surface area contributed by atoms with E-state index in [1.165, 1.54) is 32.1 Å². The number of carbonyl (C=O) groups is 1. The van der Waals surface area contributed by atoms with Gasteiger partial charge in [-0.15, -0.1) is 0 Å². The molecule has 1 fully saturated rings. The van der Waals surface area contributed by atoms with Crippen LogP contribution in [0.2, 0.25) is 0 Å². The summed E-state index contributed by atoms with van der Waals surface area (Å²) in [6, 6.07) is 6.84. The van der Waals surface area contributed by atoms with Crippen LogP contribution >= 0.6 is 0 Å². The molecule has 2 N–H and O–H groups in total. The van der Waals surface area contributed by atoms with Crippen LogP contribution in [0.25, 0.3) is 0 Å². The standard InChI is InChI=1S/C26H37NO2/c1-17(2)18-6-12-22-19(16-18)7-13-23-25(22,3)14-5-15-26(23,4)24(29)27-20-8-10-21(28)11-9-20/h8-11,17-18,23,28H,5-7,12-16H2,1-4H3,(H,27,29)/t18?,23?,25?,26-/m1/s1. The van der Waals surface area contributed by atoms with E-state index in [1.54, 1.807) is 35.4 Å². The molecule has 1 amide bonds. The molecule has 29 heavy (non-hydrogen) atoms. The van der Waals surface area contributed by atoms with Gasteiger partial charge in [0.2, 0.25) is 5.91 Å². The first-order chi connectivity index (χ1) is 13.7. The summed E-state index contributed by atoms with van der Waals surface area (Å²) in [5.41, 5.74) is 4.06. The van der Waals surface area contributed by atoms with Gasteiger partial charge in [0.1, 0.15) is 5.75 Å². The van der Waals surface area contributed by atoms with E-state index in [0.29, 0.717) is 5.92 Å². The molecule has 158 valence electrons. The van der Waals surface area contributed by atoms with Gasteiger partial charge in [0.05, 0.1) is 5.41 Å². The topological polar surface area (TPSA) is 49.3 Å². The van der Waals surface area contributed by atoms with E-state index in [4.69, 9.17) is 0 Å². The summed E-state index contributed by atoms with van der Waals surface area (Å²) in [7, 11) is 0. The van der Waals surface area contributed by atoms with Crippen molar-refractivity contribution >= 4 is 11.6 Å². The number of hydrogen-bond donors (Lipinski definition) is 2. The molecule has 0 heterocycles. The number of rotatable bonds is 3. The number of phenolic OH excluding ortho intramolecular Hbond substituents is 1. The first kappa shape index (κ1) is 20.5. The minimum atomic E-state index is -0.335. The second kappa shape index (κ2) is 7.49. The first-order valence-corrected chi connectivity index (χ1v) is 11.6. The summed E-state index contributed by atoms with van der Waals surface area (Å²) >= 11 is 0. The maximum atomic E-state index is 13.5. The van der Waals surface area contributed by atoms with E-state index in [0.717, 1.165) is 36.8 Å². The van der Waals surface area contributed by atoms with E-state index in [9.17, 15) is 9.90 Å². The van der Waals surface area contributed by atoms with Crippen molar-refractivity contribution in [3.8, 4) is 5.75 Å². The Morgan fingerprint density at radius 1 is 1.10 bits per heavy atom. The Kier molecular flexibility index (Phi) is 5.29. The normalized spacial score (nSPS) is 34.5. The van der Waals surface area contributed by atoms with Gasteiger partial charge >= 0.3 is 0 Å². The zero-order valence-corrected chi connectivity index (χ0v) is 18.6. The Balaban J connectivity index is 1.60. The number of aromatic hydroxyl groups is 1. The monoisotopic (exact) mass is 395 g/mol. The average Bonchev–Trinajstić information content (AvgIpc) is 2.69. The molecule has 1 aromatic carbocycles. The number of carbonyl (C=O) groups excluding carboxylic acids is 1. The van der Waals surface area contributed by atoms with E-state index in [2.05, 4.69) is 33.0 Å². The molecule has 3 aliphatic carbocycles. The van der Waals surface area contributed by atoms with Crippen molar-refractivity contribution < 1.29 is 9.90 Å². The van der Waals surface area contributed by atoms with Crippen LogP contribution in [0.15, 0.2) is 35.4 Å². The van der Waals surface area contributed by atoms with E-state index in [1.807, 2.05) is 0 Å². The van der Waals surface area contributed by atoms with Crippen LogP contribution in [-0.2, 0) is 4.79 Å². The molecular weight excluding hydrogens is 358 g/mol. The molecule has 3 unspecified atom stereocenters. The summed E-state index contributed by atoms with van der Waals surface area (Å²) in [4.78, 5) is 13.5. The molecule has 0 bridgehead atoms. The molecule has 0 saturated heterocycles. The first-order valence-electron chi connectivity index (χ1n) is 11.6. The highest BCUT2D eigenvalue weighted by molar-refractivity contribution is 5.95. The van der Waals surface area contributed by atoms with Crippen molar-refractivity contribution in [1.29, 1.82) is 0 Å². The highest BCUT2D eigenvalue weighted by Gasteiger charge is 2.55. The second-order valence-electron chi connectivity index (χ2n) is 10.6. The lowest BCUT2D eigenvalue weighted by molar-refractivity contribution is -0.135. The predicted octanol–water partition coefficient (Wildman–Crippen LogP) is 6.69. The molecule has 3 nitrogen and oxygen atoms in total. The summed E-state index contributed by atoms with van der Waals surface area (Å²) < 4.78 is 0. The smallest absolute Gasteiger partial charge is 0.230 e. The van der Waals surface area contributed by atoms with Gasteiger partial charge in [-0.25, -0.2) is 0 Å². The highest BCUT2D eigenvalue weighted by atomic mass is 16.3. The van der Waals surface area contributed by atoms with Gasteiger partial charge in [0, 0.05) is 5.69 Å². The molecule has 3 heteroatoms. The van der Waals surface area contributed by atoms with E-state index < -0.39 is 0 Å². The maximum Gasteiger partial charge on any atom is 0.230 e. The van der Waals surface area contributed by atoms with Crippen LogP contribution in [0.1, 0.15) is 79.1 Å². The zero-order chi connectivity index (χ0) is 20.8. The van der Waals surface area contributed by atoms with Crippen LogP contribution < -0.4 is 5.32 Å². The number of phenols is 1. The fourth-order valence-electron chi connectivity index (χ4n) is 6.84. The van der Waals surface area contributed by atoms with Crippen LogP contribution in [0.5, 0.6) is 5.75 Å². The fraction of sp³-hybridized carbons (Fsp3) is 0.654. The van der Waals surface area contributed by atoms with Crippen LogP contribution in [0.3, 0.4) is 0 Å². The van der Waals surface area contributed by atoms with Gasteiger partial charge in [0.25, 0.3) is 0 Å². The van der Waals surface area contributed by atoms with Crippen molar-refractivity contribution in [2.45, 2.75) is 79.1 Å². The highest BCUT2D eigenvalue weighted by Crippen LogP contribution is 2.62. The number of nitrogens with one attached hydrogen (secondary N) is 1. The number of anilines is 1. The molecule has 0 aliphatic heterocycles. The summed E-state index contributed by atoms with van der Waals surface area (Å²) in [6.45, 7) is 9.41. The Bertz CT molecular complexity index is 809. The lowest BCUT2D eigenvalue weighted by atomic mass is 9.48. The van der Waals surface area contributed by atoms with Crippen LogP contribution in [0, 0.1) is 28.6 Å². The molecule has 0 aromatic heterocycles. The Labute approximate surface area is 176 Å². The lowest BCUT2D eigenvalue weighted by Gasteiger charge is -2.56. The van der Waals surface area contributed by atoms with Gasteiger partial charge in [-0.2, -0.15) is 0 Å². The summed E-state index contributed by atoms with van der Waals surface area (Å²) in [5, 5.41) is 12.7.